The molecule has 1 atom stereocenters. The fourth-order valence-electron chi connectivity index (χ4n) is 3.19. The normalized spacial score (nSPS) is 19.8. The molecule has 0 radical (unpaired) electrons. The van der Waals surface area contributed by atoms with Gasteiger partial charge in [0.25, 0.3) is 5.82 Å². The van der Waals surface area contributed by atoms with Crippen molar-refractivity contribution in [3.05, 3.63) is 34.9 Å². The molecule has 2 aromatic rings. The Hall–Kier alpha value is -2.33. The molecule has 0 spiro atoms. The zero-order valence-corrected chi connectivity index (χ0v) is 14.6. The molecule has 0 aromatic carbocycles. The van der Waals surface area contributed by atoms with E-state index in [1.165, 1.54) is 4.90 Å². The lowest BCUT2D eigenvalue weighted by Crippen LogP contribution is -2.56. The number of nitrogens with zero attached hydrogens (tertiary/aromatic N) is 3. The highest BCUT2D eigenvalue weighted by Crippen LogP contribution is 2.40. The standard InChI is InChI=1S/C15H14N4O4S2/c20-8-16-4-10-17(6-13-18(10)1-2-24-13)5-9-7-25-12-3-11(21)19(12)14(9)15(22)23/h1-2,6,8,12H,3-5,7H2,(H-,16,20,22,23)/t12-/m1/s1. The minimum absolute atomic E-state index is 0.00338. The fourth-order valence-corrected chi connectivity index (χ4v) is 5.24. The van der Waals surface area contributed by atoms with Crippen LogP contribution in [-0.2, 0) is 27.5 Å². The zero-order valence-electron chi connectivity index (χ0n) is 13.0. The number of aliphatic carboxylic acids is 1. The van der Waals surface area contributed by atoms with Crippen LogP contribution in [0.2, 0.25) is 0 Å². The third-order valence-electron chi connectivity index (χ3n) is 4.34. The van der Waals surface area contributed by atoms with E-state index in [1.54, 1.807) is 23.1 Å². The lowest BCUT2D eigenvalue weighted by molar-refractivity contribution is -0.518. The second-order valence-corrected chi connectivity index (χ2v) is 7.85. The maximum atomic E-state index is 11.8. The summed E-state index contributed by atoms with van der Waals surface area (Å²) in [6.07, 6.45) is 4.82. The minimum atomic E-state index is -1.32. The fraction of sp³-hybridized carbons (Fsp3) is 0.333. The van der Waals surface area contributed by atoms with Crippen LogP contribution in [0.4, 0.5) is 0 Å². The first-order valence-corrected chi connectivity index (χ1v) is 9.54. The smallest absolute Gasteiger partial charge is 0.282 e. The molecule has 8 nitrogen and oxygen atoms in total. The number of imidazole rings is 1. The second kappa shape index (κ2) is 6.19. The van der Waals surface area contributed by atoms with E-state index in [1.807, 2.05) is 26.7 Å². The van der Waals surface area contributed by atoms with Crippen LogP contribution in [0, 0.1) is 0 Å². The first kappa shape index (κ1) is 16.2. The van der Waals surface area contributed by atoms with Crippen molar-refractivity contribution in [3.63, 3.8) is 0 Å². The Morgan fingerprint density at radius 2 is 2.36 bits per heavy atom. The van der Waals surface area contributed by atoms with E-state index in [0.717, 1.165) is 10.7 Å². The summed E-state index contributed by atoms with van der Waals surface area (Å²) < 4.78 is 3.86. The van der Waals surface area contributed by atoms with Crippen LogP contribution in [0.5, 0.6) is 0 Å². The molecular weight excluding hydrogens is 364 g/mol. The number of carboxylic acid groups (broad SMARTS) is 1. The van der Waals surface area contributed by atoms with Crippen molar-refractivity contribution >= 4 is 46.2 Å². The highest BCUT2D eigenvalue weighted by Gasteiger charge is 2.43. The lowest BCUT2D eigenvalue weighted by Gasteiger charge is -2.45. The number of hydrogen-bond acceptors (Lipinski definition) is 6. The SMILES string of the molecule is O=CNCc1n(CC2=C(C(=O)[O-])N3C(=O)C[C@H]3SC2)cc2scc[n+]12. The number of carbonyl (C=O) groups excluding carboxylic acids is 3. The van der Waals surface area contributed by atoms with Crippen molar-refractivity contribution in [1.29, 1.82) is 0 Å². The summed E-state index contributed by atoms with van der Waals surface area (Å²) in [4.78, 5) is 36.4. The molecule has 130 valence electrons. The van der Waals surface area contributed by atoms with Crippen LogP contribution in [0.15, 0.2) is 29.0 Å². The number of hydrogen-bond donors (Lipinski definition) is 1. The van der Waals surface area contributed by atoms with Crippen LogP contribution in [0.3, 0.4) is 0 Å². The topological polar surface area (TPSA) is 98.6 Å². The van der Waals surface area contributed by atoms with Crippen LogP contribution in [0.1, 0.15) is 12.2 Å². The first-order valence-electron chi connectivity index (χ1n) is 7.61. The van der Waals surface area contributed by atoms with Gasteiger partial charge in [-0.1, -0.05) is 11.3 Å². The molecule has 1 fully saturated rings. The number of rotatable bonds is 6. The minimum Gasteiger partial charge on any atom is -0.543 e. The Kier molecular flexibility index (Phi) is 4.00. The number of carbonyl (C=O) groups is 3. The first-order chi connectivity index (χ1) is 12.1. The van der Waals surface area contributed by atoms with E-state index in [-0.39, 0.29) is 17.0 Å². The molecule has 0 saturated carbocycles. The predicted octanol–water partition coefficient (Wildman–Crippen LogP) is -1.16. The van der Waals surface area contributed by atoms with Crippen LogP contribution in [-0.4, -0.2) is 38.9 Å². The third-order valence-corrected chi connectivity index (χ3v) is 6.42. The Balaban J connectivity index is 1.73. The van der Waals surface area contributed by atoms with Gasteiger partial charge in [-0.2, -0.15) is 4.40 Å². The number of thiazole rings is 1. The van der Waals surface area contributed by atoms with Gasteiger partial charge in [-0.05, 0) is 0 Å². The molecule has 2 amide bonds. The van der Waals surface area contributed by atoms with Gasteiger partial charge in [0.15, 0.2) is 0 Å². The molecule has 0 unspecified atom stereocenters. The van der Waals surface area contributed by atoms with Gasteiger partial charge >= 0.3 is 0 Å². The lowest BCUT2D eigenvalue weighted by atomic mass is 10.1. The van der Waals surface area contributed by atoms with Crippen molar-refractivity contribution in [2.75, 3.05) is 5.75 Å². The van der Waals surface area contributed by atoms with E-state index >= 15 is 0 Å². The number of aromatic nitrogens is 2. The molecular formula is C15H14N4O4S2. The number of β-lactam (4-membered cyclic amide) rings is 1. The quantitative estimate of drug-likeness (QED) is 0.389. The second-order valence-electron chi connectivity index (χ2n) is 5.76. The highest BCUT2D eigenvalue weighted by molar-refractivity contribution is 8.00. The van der Waals surface area contributed by atoms with Crippen molar-refractivity contribution in [2.45, 2.75) is 24.9 Å². The molecule has 0 bridgehead atoms. The average molecular weight is 378 g/mol. The van der Waals surface area contributed by atoms with E-state index in [0.29, 0.717) is 37.2 Å². The van der Waals surface area contributed by atoms with Crippen molar-refractivity contribution in [2.24, 2.45) is 0 Å². The summed E-state index contributed by atoms with van der Waals surface area (Å²) in [5, 5.41) is 16.1. The van der Waals surface area contributed by atoms with Gasteiger partial charge in [-0.15, -0.1) is 11.8 Å². The Morgan fingerprint density at radius 1 is 1.52 bits per heavy atom. The van der Waals surface area contributed by atoms with E-state index < -0.39 is 5.97 Å². The van der Waals surface area contributed by atoms with Gasteiger partial charge in [0, 0.05) is 16.7 Å². The number of nitrogens with one attached hydrogen (secondary N) is 1. The summed E-state index contributed by atoms with van der Waals surface area (Å²) >= 11 is 3.11. The molecule has 1 N–H and O–H groups in total. The Labute approximate surface area is 150 Å². The maximum Gasteiger partial charge on any atom is 0.282 e. The largest absolute Gasteiger partial charge is 0.543 e. The molecule has 25 heavy (non-hydrogen) atoms. The molecule has 1 saturated heterocycles. The molecule has 4 rings (SSSR count). The van der Waals surface area contributed by atoms with E-state index in [4.69, 9.17) is 0 Å². The van der Waals surface area contributed by atoms with Gasteiger partial charge in [-0.25, -0.2) is 4.57 Å². The highest BCUT2D eigenvalue weighted by atomic mass is 32.2. The maximum absolute atomic E-state index is 11.8. The molecule has 10 heteroatoms. The third kappa shape index (κ3) is 2.61. The van der Waals surface area contributed by atoms with Gasteiger partial charge in [0.1, 0.15) is 25.5 Å². The summed E-state index contributed by atoms with van der Waals surface area (Å²) in [5.74, 6) is -0.132. The van der Waals surface area contributed by atoms with Crippen molar-refractivity contribution in [3.8, 4) is 0 Å². The number of amides is 2. The van der Waals surface area contributed by atoms with Gasteiger partial charge in [0.2, 0.25) is 17.1 Å². The summed E-state index contributed by atoms with van der Waals surface area (Å²) in [7, 11) is 0. The van der Waals surface area contributed by atoms with Crippen LogP contribution in [0.25, 0.3) is 4.83 Å². The van der Waals surface area contributed by atoms with Crippen LogP contribution < -0.4 is 14.8 Å². The number of fused-ring (bicyclic) bond motifs is 2. The van der Waals surface area contributed by atoms with Crippen LogP contribution >= 0.6 is 23.1 Å². The zero-order chi connectivity index (χ0) is 17.6. The van der Waals surface area contributed by atoms with Gasteiger partial charge in [0.05, 0.1) is 23.5 Å². The number of carboxylic acids is 1. The Morgan fingerprint density at radius 3 is 3.08 bits per heavy atom. The predicted molar refractivity (Wildman–Crippen MR) is 88.1 cm³/mol. The summed E-state index contributed by atoms with van der Waals surface area (Å²) in [6, 6.07) is 0. The summed E-state index contributed by atoms with van der Waals surface area (Å²) in [6.45, 7) is 0.651. The van der Waals surface area contributed by atoms with Gasteiger partial charge in [-0.3, -0.25) is 14.5 Å². The molecule has 0 aliphatic carbocycles. The molecule has 4 heterocycles. The molecule has 2 aromatic heterocycles. The number of thioether (sulfide) groups is 1. The van der Waals surface area contributed by atoms with E-state index in [2.05, 4.69) is 5.32 Å². The average Bonchev–Trinajstić information content (AvgIpc) is 3.14. The van der Waals surface area contributed by atoms with Crippen molar-refractivity contribution in [1.82, 2.24) is 14.8 Å². The Bertz CT molecular complexity index is 916. The monoisotopic (exact) mass is 378 g/mol. The van der Waals surface area contributed by atoms with Crippen molar-refractivity contribution < 1.29 is 23.9 Å². The summed E-state index contributed by atoms with van der Waals surface area (Å²) in [5.41, 5.74) is 0.640. The van der Waals surface area contributed by atoms with E-state index in [9.17, 15) is 19.5 Å². The molecule has 2 aliphatic heterocycles. The molecule has 2 aliphatic rings. The van der Waals surface area contributed by atoms with Gasteiger partial charge < -0.3 is 15.2 Å².